The highest BCUT2D eigenvalue weighted by atomic mass is 79.9. The van der Waals surface area contributed by atoms with Gasteiger partial charge in [-0.3, -0.25) is 4.79 Å². The molecule has 0 heterocycles. The molecule has 0 spiro atoms. The van der Waals surface area contributed by atoms with Crippen LogP contribution in [0.4, 0.5) is 5.69 Å². The lowest BCUT2D eigenvalue weighted by molar-refractivity contribution is -0.118. The van der Waals surface area contributed by atoms with Crippen LogP contribution in [0.5, 0.6) is 11.5 Å². The van der Waals surface area contributed by atoms with Crippen molar-refractivity contribution in [2.75, 3.05) is 25.1 Å². The number of aryl methyl sites for hydroxylation is 1. The molecule has 5 nitrogen and oxygen atoms in total. The Balaban J connectivity index is 1.57. The Hall–Kier alpha value is -2.25. The fourth-order valence-electron chi connectivity index (χ4n) is 3.28. The highest BCUT2D eigenvalue weighted by Crippen LogP contribution is 2.37. The number of halogens is 3. The molecule has 3 rings (SSSR count). The highest BCUT2D eigenvalue weighted by molar-refractivity contribution is 9.10. The zero-order valence-electron chi connectivity index (χ0n) is 19.1. The minimum Gasteiger partial charge on any atom is -0.490 e. The predicted octanol–water partition coefficient (Wildman–Crippen LogP) is 6.81. The maximum absolute atomic E-state index is 12.3. The van der Waals surface area contributed by atoms with Crippen molar-refractivity contribution in [1.82, 2.24) is 5.32 Å². The molecule has 0 saturated carbocycles. The van der Waals surface area contributed by atoms with E-state index in [0.717, 1.165) is 39.8 Å². The molecular formula is C26H27BrCl2N2O3. The van der Waals surface area contributed by atoms with Gasteiger partial charge in [0, 0.05) is 22.3 Å². The number of carbonyl (C=O) groups excluding carboxylic acids is 1. The van der Waals surface area contributed by atoms with Crippen molar-refractivity contribution in [3.05, 3.63) is 85.8 Å². The second kappa shape index (κ2) is 13.0. The van der Waals surface area contributed by atoms with Crippen LogP contribution in [0.25, 0.3) is 0 Å². The summed E-state index contributed by atoms with van der Waals surface area (Å²) in [4.78, 5) is 12.3. The van der Waals surface area contributed by atoms with Crippen molar-refractivity contribution in [1.29, 1.82) is 0 Å². The first-order chi connectivity index (χ1) is 16.4. The molecule has 34 heavy (non-hydrogen) atoms. The molecular weight excluding hydrogens is 539 g/mol. The van der Waals surface area contributed by atoms with Crippen molar-refractivity contribution >= 4 is 50.7 Å². The van der Waals surface area contributed by atoms with E-state index in [1.54, 1.807) is 6.07 Å². The van der Waals surface area contributed by atoms with Crippen molar-refractivity contribution in [2.24, 2.45) is 0 Å². The number of hydrogen-bond donors (Lipinski definition) is 2. The first-order valence-corrected chi connectivity index (χ1v) is 12.5. The molecule has 3 aromatic carbocycles. The maximum Gasteiger partial charge on any atom is 0.262 e. The Morgan fingerprint density at radius 2 is 1.79 bits per heavy atom. The summed E-state index contributed by atoms with van der Waals surface area (Å²) in [5.41, 5.74) is 3.92. The van der Waals surface area contributed by atoms with E-state index in [9.17, 15) is 4.79 Å². The van der Waals surface area contributed by atoms with E-state index in [1.807, 2.05) is 62.4 Å². The fraction of sp³-hybridized carbons (Fsp3) is 0.269. The second-order valence-corrected chi connectivity index (χ2v) is 9.40. The zero-order valence-corrected chi connectivity index (χ0v) is 22.2. The number of amides is 1. The van der Waals surface area contributed by atoms with Gasteiger partial charge in [-0.25, -0.2) is 0 Å². The molecule has 8 heteroatoms. The average Bonchev–Trinajstić information content (AvgIpc) is 2.79. The molecule has 0 aliphatic heterocycles. The van der Waals surface area contributed by atoms with Crippen molar-refractivity contribution in [3.8, 4) is 11.5 Å². The molecule has 3 aromatic rings. The molecule has 0 fully saturated rings. The predicted molar refractivity (Wildman–Crippen MR) is 142 cm³/mol. The van der Waals surface area contributed by atoms with E-state index in [1.165, 1.54) is 0 Å². The Labute approximate surface area is 218 Å². The number of nitrogens with one attached hydrogen (secondary N) is 2. The molecule has 0 unspecified atom stereocenters. The Kier molecular flexibility index (Phi) is 10.1. The van der Waals surface area contributed by atoms with Crippen LogP contribution in [-0.2, 0) is 17.8 Å². The van der Waals surface area contributed by atoms with Gasteiger partial charge < -0.3 is 20.1 Å². The summed E-state index contributed by atoms with van der Waals surface area (Å²) in [5.74, 6) is 0.833. The van der Waals surface area contributed by atoms with Gasteiger partial charge >= 0.3 is 0 Å². The number of anilines is 1. The van der Waals surface area contributed by atoms with Crippen LogP contribution in [0.3, 0.4) is 0 Å². The molecule has 180 valence electrons. The summed E-state index contributed by atoms with van der Waals surface area (Å²) >= 11 is 15.8. The molecule has 0 saturated heterocycles. The lowest BCUT2D eigenvalue weighted by atomic mass is 10.1. The molecule has 1 amide bonds. The second-order valence-electron chi connectivity index (χ2n) is 7.70. The molecule has 0 aromatic heterocycles. The van der Waals surface area contributed by atoms with Gasteiger partial charge in [-0.05, 0) is 90.3 Å². The number of hydrogen-bond acceptors (Lipinski definition) is 4. The highest BCUT2D eigenvalue weighted by Gasteiger charge is 2.14. The van der Waals surface area contributed by atoms with Crippen molar-refractivity contribution in [2.45, 2.75) is 26.8 Å². The van der Waals surface area contributed by atoms with Gasteiger partial charge in [0.05, 0.1) is 11.1 Å². The van der Waals surface area contributed by atoms with Crippen LogP contribution in [0.15, 0.2) is 59.1 Å². The van der Waals surface area contributed by atoms with E-state index < -0.39 is 0 Å². The lowest BCUT2D eigenvalue weighted by Gasteiger charge is -2.16. The fourth-order valence-corrected chi connectivity index (χ4v) is 4.39. The van der Waals surface area contributed by atoms with Crippen LogP contribution >= 0.6 is 39.1 Å². The molecule has 0 bridgehead atoms. The van der Waals surface area contributed by atoms with E-state index in [-0.39, 0.29) is 12.5 Å². The Morgan fingerprint density at radius 3 is 2.50 bits per heavy atom. The Morgan fingerprint density at radius 1 is 1.03 bits per heavy atom. The molecule has 2 N–H and O–H groups in total. The SMILES string of the molecule is CCOc1cc(CNCCc2ccc(Cl)cc2Cl)cc(Br)c1OCC(=O)Nc1ccc(C)cc1. The lowest BCUT2D eigenvalue weighted by Crippen LogP contribution is -2.20. The quantitative estimate of drug-likeness (QED) is 0.251. The Bertz CT molecular complexity index is 1120. The minimum atomic E-state index is -0.246. The summed E-state index contributed by atoms with van der Waals surface area (Å²) in [7, 11) is 0. The number of carbonyl (C=O) groups is 1. The standard InChI is InChI=1S/C26H27BrCl2N2O3/c1-3-33-24-13-18(15-30-11-10-19-6-7-20(28)14-23(19)29)12-22(27)26(24)34-16-25(32)31-21-8-4-17(2)5-9-21/h4-9,12-14,30H,3,10-11,15-16H2,1-2H3,(H,31,32). The van der Waals surface area contributed by atoms with Gasteiger partial charge in [0.15, 0.2) is 18.1 Å². The van der Waals surface area contributed by atoms with Crippen LogP contribution in [0.1, 0.15) is 23.6 Å². The number of benzene rings is 3. The third-order valence-electron chi connectivity index (χ3n) is 4.97. The molecule has 0 aliphatic carbocycles. The first-order valence-electron chi connectivity index (χ1n) is 10.9. The van der Waals surface area contributed by atoms with E-state index >= 15 is 0 Å². The molecule has 0 atom stereocenters. The van der Waals surface area contributed by atoms with Gasteiger partial charge in [0.1, 0.15) is 0 Å². The normalized spacial score (nSPS) is 10.7. The van der Waals surface area contributed by atoms with Gasteiger partial charge in [0.2, 0.25) is 0 Å². The smallest absolute Gasteiger partial charge is 0.262 e. The first kappa shape index (κ1) is 26.4. The molecule has 0 aliphatic rings. The minimum absolute atomic E-state index is 0.133. The van der Waals surface area contributed by atoms with Crippen LogP contribution in [-0.4, -0.2) is 25.7 Å². The maximum atomic E-state index is 12.3. The monoisotopic (exact) mass is 564 g/mol. The van der Waals surface area contributed by atoms with Crippen LogP contribution in [0, 0.1) is 6.92 Å². The van der Waals surface area contributed by atoms with E-state index in [2.05, 4.69) is 26.6 Å². The topological polar surface area (TPSA) is 59.6 Å². The third-order valence-corrected chi connectivity index (χ3v) is 6.14. The zero-order chi connectivity index (χ0) is 24.5. The average molecular weight is 566 g/mol. The van der Waals surface area contributed by atoms with E-state index in [4.69, 9.17) is 32.7 Å². The summed E-state index contributed by atoms with van der Waals surface area (Å²) in [6.45, 7) is 5.63. The summed E-state index contributed by atoms with van der Waals surface area (Å²) in [6, 6.07) is 17.0. The van der Waals surface area contributed by atoms with Crippen molar-refractivity contribution in [3.63, 3.8) is 0 Å². The number of ether oxygens (including phenoxy) is 2. The summed E-state index contributed by atoms with van der Waals surface area (Å²) in [5, 5.41) is 7.55. The molecule has 0 radical (unpaired) electrons. The van der Waals surface area contributed by atoms with Crippen molar-refractivity contribution < 1.29 is 14.3 Å². The van der Waals surface area contributed by atoms with Gasteiger partial charge in [-0.1, -0.05) is 47.0 Å². The van der Waals surface area contributed by atoms with Crippen LogP contribution < -0.4 is 20.1 Å². The van der Waals surface area contributed by atoms with Crippen LogP contribution in [0.2, 0.25) is 10.0 Å². The largest absolute Gasteiger partial charge is 0.490 e. The summed E-state index contributed by atoms with van der Waals surface area (Å²) in [6.07, 6.45) is 0.785. The van der Waals surface area contributed by atoms with Gasteiger partial charge in [-0.15, -0.1) is 0 Å². The van der Waals surface area contributed by atoms with Gasteiger partial charge in [0.25, 0.3) is 5.91 Å². The third kappa shape index (κ3) is 7.91. The number of rotatable bonds is 11. The summed E-state index contributed by atoms with van der Waals surface area (Å²) < 4.78 is 12.3. The van der Waals surface area contributed by atoms with E-state index in [0.29, 0.717) is 34.7 Å². The van der Waals surface area contributed by atoms with Gasteiger partial charge in [-0.2, -0.15) is 0 Å².